The van der Waals surface area contributed by atoms with Gasteiger partial charge in [0.15, 0.2) is 0 Å². The number of halogens is 1. The van der Waals surface area contributed by atoms with Gasteiger partial charge < -0.3 is 10.2 Å². The summed E-state index contributed by atoms with van der Waals surface area (Å²) in [5.41, 5.74) is 2.18. The number of hydrogen-bond donors (Lipinski definition) is 1. The van der Waals surface area contributed by atoms with Crippen molar-refractivity contribution in [2.24, 2.45) is 11.8 Å². The monoisotopic (exact) mass is 310 g/mol. The van der Waals surface area contributed by atoms with Gasteiger partial charge in [0.25, 0.3) is 0 Å². The Bertz CT molecular complexity index is 458. The molecule has 1 saturated heterocycles. The molecule has 0 spiro atoms. The minimum atomic E-state index is 0. The maximum absolute atomic E-state index is 12.4. The van der Waals surface area contributed by atoms with E-state index in [-0.39, 0.29) is 18.3 Å². The number of anilines is 1. The van der Waals surface area contributed by atoms with Crippen molar-refractivity contribution in [1.82, 2.24) is 5.32 Å². The molecule has 0 bridgehead atoms. The second kappa shape index (κ2) is 8.40. The van der Waals surface area contributed by atoms with Crippen LogP contribution >= 0.6 is 12.4 Å². The fraction of sp³-hybridized carbons (Fsp3) is 0.588. The lowest BCUT2D eigenvalue weighted by molar-refractivity contribution is -0.119. The average Bonchev–Trinajstić information content (AvgIpc) is 2.47. The van der Waals surface area contributed by atoms with Gasteiger partial charge in [-0.3, -0.25) is 4.79 Å². The van der Waals surface area contributed by atoms with Gasteiger partial charge in [0.2, 0.25) is 5.91 Å². The first-order valence-corrected chi connectivity index (χ1v) is 7.62. The number of nitrogens with zero attached hydrogens (tertiary/aromatic N) is 1. The van der Waals surface area contributed by atoms with Crippen molar-refractivity contribution in [3.63, 3.8) is 0 Å². The lowest BCUT2D eigenvalue weighted by atomic mass is 9.85. The van der Waals surface area contributed by atoms with Crippen LogP contribution in [-0.4, -0.2) is 26.0 Å². The van der Waals surface area contributed by atoms with E-state index in [4.69, 9.17) is 0 Å². The molecule has 1 amide bonds. The van der Waals surface area contributed by atoms with Gasteiger partial charge in [-0.1, -0.05) is 19.1 Å². The highest BCUT2D eigenvalue weighted by molar-refractivity contribution is 5.93. The van der Waals surface area contributed by atoms with Gasteiger partial charge in [0, 0.05) is 19.2 Å². The maximum atomic E-state index is 12.4. The minimum absolute atomic E-state index is 0. The summed E-state index contributed by atoms with van der Waals surface area (Å²) in [6.07, 6.45) is 3.11. The number of rotatable bonds is 4. The minimum Gasteiger partial charge on any atom is -0.316 e. The molecule has 0 aliphatic carbocycles. The Hall–Kier alpha value is -1.06. The highest BCUT2D eigenvalue weighted by Gasteiger charge is 2.23. The first-order chi connectivity index (χ1) is 9.58. The van der Waals surface area contributed by atoms with Crippen molar-refractivity contribution in [1.29, 1.82) is 0 Å². The molecule has 2 atom stereocenters. The number of benzene rings is 1. The summed E-state index contributed by atoms with van der Waals surface area (Å²) >= 11 is 0. The summed E-state index contributed by atoms with van der Waals surface area (Å²) in [5.74, 6) is 1.30. The molecular weight excluding hydrogens is 284 g/mol. The fourth-order valence-corrected chi connectivity index (χ4v) is 2.92. The molecule has 1 N–H and O–H groups in total. The van der Waals surface area contributed by atoms with Crippen LogP contribution in [0.1, 0.15) is 31.7 Å². The van der Waals surface area contributed by atoms with Crippen LogP contribution in [0.5, 0.6) is 0 Å². The van der Waals surface area contributed by atoms with E-state index in [0.29, 0.717) is 18.3 Å². The van der Waals surface area contributed by atoms with Gasteiger partial charge in [-0.15, -0.1) is 12.4 Å². The molecule has 1 aliphatic rings. The SMILES string of the molecule is Cc1cccc(N(C)C(=O)CC(C)C2CCCNC2)c1.Cl. The second-order valence-corrected chi connectivity index (χ2v) is 6.08. The maximum Gasteiger partial charge on any atom is 0.226 e. The van der Waals surface area contributed by atoms with Crippen molar-refractivity contribution < 1.29 is 4.79 Å². The van der Waals surface area contributed by atoms with E-state index in [1.54, 1.807) is 4.90 Å². The molecular formula is C17H27ClN2O. The zero-order valence-corrected chi connectivity index (χ0v) is 14.1. The number of carbonyl (C=O) groups is 1. The number of carbonyl (C=O) groups excluding carboxylic acids is 1. The largest absolute Gasteiger partial charge is 0.316 e. The molecule has 0 radical (unpaired) electrons. The molecule has 1 aliphatic heterocycles. The molecule has 1 aromatic rings. The Balaban J connectivity index is 0.00000220. The fourth-order valence-electron chi connectivity index (χ4n) is 2.92. The summed E-state index contributed by atoms with van der Waals surface area (Å²) in [6.45, 7) is 6.45. The third-order valence-electron chi connectivity index (χ3n) is 4.40. The van der Waals surface area contributed by atoms with Crippen molar-refractivity contribution in [3.05, 3.63) is 29.8 Å². The van der Waals surface area contributed by atoms with Gasteiger partial charge in [0.05, 0.1) is 0 Å². The first kappa shape index (κ1) is 18.0. The normalized spacial score (nSPS) is 19.5. The Morgan fingerprint density at radius 2 is 2.24 bits per heavy atom. The zero-order valence-electron chi connectivity index (χ0n) is 13.3. The Morgan fingerprint density at radius 3 is 2.86 bits per heavy atom. The zero-order chi connectivity index (χ0) is 14.5. The van der Waals surface area contributed by atoms with Crippen LogP contribution < -0.4 is 10.2 Å². The van der Waals surface area contributed by atoms with E-state index >= 15 is 0 Å². The van der Waals surface area contributed by atoms with Crippen molar-refractivity contribution in [2.75, 3.05) is 25.0 Å². The van der Waals surface area contributed by atoms with Gasteiger partial charge in [-0.2, -0.15) is 0 Å². The lowest BCUT2D eigenvalue weighted by Gasteiger charge is -2.29. The molecule has 1 aromatic carbocycles. The van der Waals surface area contributed by atoms with E-state index in [2.05, 4.69) is 31.3 Å². The molecule has 21 heavy (non-hydrogen) atoms. The average molecular weight is 311 g/mol. The highest BCUT2D eigenvalue weighted by atomic mass is 35.5. The standard InChI is InChI=1S/C17H26N2O.ClH/c1-13-6-4-8-16(10-13)19(3)17(20)11-14(2)15-7-5-9-18-12-15;/h4,6,8,10,14-15,18H,5,7,9,11-12H2,1-3H3;1H. The molecule has 3 nitrogen and oxygen atoms in total. The van der Waals surface area contributed by atoms with E-state index in [0.717, 1.165) is 18.8 Å². The van der Waals surface area contributed by atoms with Gasteiger partial charge >= 0.3 is 0 Å². The molecule has 118 valence electrons. The summed E-state index contributed by atoms with van der Waals surface area (Å²) in [7, 11) is 1.88. The van der Waals surface area contributed by atoms with E-state index in [1.807, 2.05) is 19.2 Å². The number of piperidine rings is 1. The molecule has 2 unspecified atom stereocenters. The Kier molecular flexibility index (Phi) is 7.20. The van der Waals surface area contributed by atoms with Crippen molar-refractivity contribution in [3.8, 4) is 0 Å². The van der Waals surface area contributed by atoms with Crippen LogP contribution in [-0.2, 0) is 4.79 Å². The first-order valence-electron chi connectivity index (χ1n) is 7.62. The quantitative estimate of drug-likeness (QED) is 0.924. The van der Waals surface area contributed by atoms with Crippen LogP contribution in [0.15, 0.2) is 24.3 Å². The summed E-state index contributed by atoms with van der Waals surface area (Å²) < 4.78 is 0. The van der Waals surface area contributed by atoms with Crippen molar-refractivity contribution in [2.45, 2.75) is 33.1 Å². The van der Waals surface area contributed by atoms with Gasteiger partial charge in [0.1, 0.15) is 0 Å². The number of nitrogens with one attached hydrogen (secondary N) is 1. The van der Waals surface area contributed by atoms with Crippen LogP contribution in [0.25, 0.3) is 0 Å². The van der Waals surface area contributed by atoms with E-state index < -0.39 is 0 Å². The molecule has 0 aromatic heterocycles. The second-order valence-electron chi connectivity index (χ2n) is 6.08. The molecule has 0 saturated carbocycles. The van der Waals surface area contributed by atoms with Gasteiger partial charge in [-0.05, 0) is 62.4 Å². The molecule has 2 rings (SSSR count). The smallest absolute Gasteiger partial charge is 0.226 e. The predicted molar refractivity (Wildman–Crippen MR) is 91.2 cm³/mol. The van der Waals surface area contributed by atoms with Crippen LogP contribution in [0, 0.1) is 18.8 Å². The van der Waals surface area contributed by atoms with E-state index in [9.17, 15) is 4.79 Å². The topological polar surface area (TPSA) is 32.3 Å². The molecule has 1 fully saturated rings. The summed E-state index contributed by atoms with van der Waals surface area (Å²) in [5, 5.41) is 3.43. The molecule has 1 heterocycles. The summed E-state index contributed by atoms with van der Waals surface area (Å²) in [4.78, 5) is 14.2. The summed E-state index contributed by atoms with van der Waals surface area (Å²) in [6, 6.07) is 8.11. The number of amides is 1. The van der Waals surface area contributed by atoms with Crippen molar-refractivity contribution >= 4 is 24.0 Å². The lowest BCUT2D eigenvalue weighted by Crippen LogP contribution is -2.36. The number of aryl methyl sites for hydroxylation is 1. The third-order valence-corrected chi connectivity index (χ3v) is 4.40. The predicted octanol–water partition coefficient (Wildman–Crippen LogP) is 3.41. The Labute approximate surface area is 134 Å². The van der Waals surface area contributed by atoms with Crippen LogP contribution in [0.4, 0.5) is 5.69 Å². The van der Waals surface area contributed by atoms with Crippen LogP contribution in [0.2, 0.25) is 0 Å². The number of hydrogen-bond acceptors (Lipinski definition) is 2. The highest BCUT2D eigenvalue weighted by Crippen LogP contribution is 2.24. The Morgan fingerprint density at radius 1 is 1.48 bits per heavy atom. The van der Waals surface area contributed by atoms with Gasteiger partial charge in [-0.25, -0.2) is 0 Å². The van der Waals surface area contributed by atoms with Crippen LogP contribution in [0.3, 0.4) is 0 Å². The van der Waals surface area contributed by atoms with E-state index in [1.165, 1.54) is 18.4 Å². The third kappa shape index (κ3) is 5.01. The molecule has 4 heteroatoms.